The Hall–Kier alpha value is 53.2. The van der Waals surface area contributed by atoms with Gasteiger partial charge in [-0.15, -0.1) is 0 Å². The van der Waals surface area contributed by atoms with Gasteiger partial charge in [-0.05, 0) is 0 Å². The molecule has 0 spiro atoms. The molecule has 0 aromatic heterocycles. The van der Waals surface area contributed by atoms with Crippen LogP contribution in [0.1, 0.15) is 0 Å². The van der Waals surface area contributed by atoms with E-state index in [1.54, 1.807) is 0 Å². The van der Waals surface area contributed by atoms with E-state index in [1.165, 1.54) is 0 Å². The van der Waals surface area contributed by atoms with Gasteiger partial charge in [0.05, 0.1) is 0 Å². The van der Waals surface area contributed by atoms with Crippen molar-refractivity contribution in [3.8, 4) is 0 Å². The molecular weight excluding hydrogens is 4640 g/mol. The van der Waals surface area contributed by atoms with Crippen LogP contribution in [-0.4, -0.2) is 0 Å². The molecular formula is V91. The first kappa shape index (κ1) is 1050. The predicted molar refractivity (Wildman–Crippen MR) is 0 cm³/mol. The van der Waals surface area contributed by atoms with Gasteiger partial charge >= 0.3 is 0 Å². The maximum absolute atomic E-state index is 0. The van der Waals surface area contributed by atoms with E-state index < -0.39 is 0 Å². The van der Waals surface area contributed by atoms with Crippen molar-refractivity contribution >= 4 is 0 Å². The Labute approximate surface area is 1640 Å². The fourth-order valence-corrected chi connectivity index (χ4v) is 0. The fourth-order valence-electron chi connectivity index (χ4n) is 0. The minimum Gasteiger partial charge on any atom is 0 e. The molecule has 455 valence electrons. The molecule has 91 radical (unpaired) electrons. The second kappa shape index (κ2) is 1020. The smallest absolute Gasteiger partial charge is 0 e. The van der Waals surface area contributed by atoms with Crippen molar-refractivity contribution in [1.82, 2.24) is 0 Å². The average Bonchev–Trinajstić information content (AvgIpc) is 0. The van der Waals surface area contributed by atoms with Crippen molar-refractivity contribution in [3.63, 3.8) is 0 Å². The zero-order valence-corrected chi connectivity index (χ0v) is 168. The van der Waals surface area contributed by atoms with Crippen molar-refractivity contribution in [2.24, 2.45) is 0 Å². The molecule has 91 heteroatoms. The largest absolute Gasteiger partial charge is 0 e. The number of hydrogen-bond donors (Lipinski definition) is 0. The van der Waals surface area contributed by atoms with Gasteiger partial charge in [-0.1, -0.05) is 0 Å². The van der Waals surface area contributed by atoms with E-state index in [4.69, 9.17) is 0 Å². The van der Waals surface area contributed by atoms with Crippen LogP contribution >= 0.6 is 0 Å². The summed E-state index contributed by atoms with van der Waals surface area (Å²) < 4.78 is 0. The molecule has 0 bridgehead atoms. The Balaban J connectivity index is 0. The summed E-state index contributed by atoms with van der Waals surface area (Å²) in [6.45, 7) is 0. The maximum Gasteiger partial charge on any atom is 0 e. The number of rotatable bonds is 0. The molecule has 0 aliphatic heterocycles. The fraction of sp³-hybridized carbons (Fsp3) is 0. The standard InChI is InChI=1S/91V. The summed E-state index contributed by atoms with van der Waals surface area (Å²) in [5.74, 6) is 0. The van der Waals surface area contributed by atoms with E-state index >= 15 is 0 Å². The van der Waals surface area contributed by atoms with E-state index in [0.29, 0.717) is 0 Å². The molecule has 0 heterocycles. The third-order valence-corrected chi connectivity index (χ3v) is 0. The van der Waals surface area contributed by atoms with Crippen LogP contribution in [0.4, 0.5) is 0 Å². The summed E-state index contributed by atoms with van der Waals surface area (Å²) in [5.41, 5.74) is 0. The van der Waals surface area contributed by atoms with Gasteiger partial charge in [0.25, 0.3) is 0 Å². The third-order valence-electron chi connectivity index (χ3n) is 0. The van der Waals surface area contributed by atoms with Gasteiger partial charge in [-0.3, -0.25) is 0 Å². The second-order valence-corrected chi connectivity index (χ2v) is 0. The van der Waals surface area contributed by atoms with Crippen molar-refractivity contribution < 1.29 is 1690 Å². The molecule has 91 heavy (non-hydrogen) atoms. The maximum atomic E-state index is 0. The molecule has 0 saturated heterocycles. The molecule has 0 rings (SSSR count). The Kier molecular flexibility index (Phi) is 11800. The topological polar surface area (TPSA) is 0 Å². The molecule has 0 N–H and O–H groups in total. The third kappa shape index (κ3) is 1010. The first-order valence-corrected chi connectivity index (χ1v) is 0. The van der Waals surface area contributed by atoms with Gasteiger partial charge in [-0.25, -0.2) is 0 Å². The van der Waals surface area contributed by atoms with E-state index in [2.05, 4.69) is 0 Å². The molecule has 0 atom stereocenters. The van der Waals surface area contributed by atoms with Crippen molar-refractivity contribution in [2.45, 2.75) is 0 Å². The van der Waals surface area contributed by atoms with Crippen LogP contribution in [0.3, 0.4) is 0 Å². The van der Waals surface area contributed by atoms with E-state index in [9.17, 15) is 0 Å². The molecule has 0 unspecified atom stereocenters. The average molecular weight is 4640 g/mol. The van der Waals surface area contributed by atoms with Crippen LogP contribution in [0.2, 0.25) is 0 Å². The molecule has 0 aliphatic carbocycles. The second-order valence-electron chi connectivity index (χ2n) is 0. The monoisotopic (exact) mass is 4640 g/mol. The quantitative estimate of drug-likeness (QED) is 0.315. The van der Waals surface area contributed by atoms with Gasteiger partial charge in [-0.2, -0.15) is 0 Å². The Bertz CT molecular complexity index is 0. The first-order chi connectivity index (χ1) is 0. The van der Waals surface area contributed by atoms with Gasteiger partial charge in [0.2, 0.25) is 0 Å². The molecule has 0 saturated carbocycles. The van der Waals surface area contributed by atoms with Crippen LogP contribution in [0.15, 0.2) is 0 Å². The molecule has 0 fully saturated rings. The van der Waals surface area contributed by atoms with Crippen molar-refractivity contribution in [3.05, 3.63) is 0 Å². The zero-order valence-electron chi connectivity index (χ0n) is 40.7. The minimum atomic E-state index is 0. The van der Waals surface area contributed by atoms with Gasteiger partial charge in [0, 0.05) is 1690 Å². The van der Waals surface area contributed by atoms with Crippen LogP contribution in [0.5, 0.6) is 0 Å². The van der Waals surface area contributed by atoms with Crippen LogP contribution < -0.4 is 0 Å². The number of hydrogen-bond acceptors (Lipinski definition) is 0. The van der Waals surface area contributed by atoms with E-state index in [1.807, 2.05) is 0 Å². The Morgan fingerprint density at radius 1 is 0.0110 bits per heavy atom. The molecule has 0 nitrogen and oxygen atoms in total. The minimum absolute atomic E-state index is 0. The summed E-state index contributed by atoms with van der Waals surface area (Å²) in [4.78, 5) is 0. The Morgan fingerprint density at radius 3 is 0.0110 bits per heavy atom. The molecule has 0 aromatic rings. The molecule has 0 aliphatic rings. The zero-order chi connectivity index (χ0) is 0. The van der Waals surface area contributed by atoms with Crippen LogP contribution in [-0.2, 0) is 1690 Å². The first-order valence-electron chi connectivity index (χ1n) is 0. The van der Waals surface area contributed by atoms with E-state index in [-0.39, 0.29) is 1690 Å². The summed E-state index contributed by atoms with van der Waals surface area (Å²) in [5, 5.41) is 0. The summed E-state index contributed by atoms with van der Waals surface area (Å²) >= 11 is 0. The summed E-state index contributed by atoms with van der Waals surface area (Å²) in [7, 11) is 0. The van der Waals surface area contributed by atoms with Crippen LogP contribution in [0, 0.1) is 0 Å². The summed E-state index contributed by atoms with van der Waals surface area (Å²) in [6.07, 6.45) is 0. The molecule has 0 aromatic carbocycles. The Morgan fingerprint density at radius 2 is 0.0110 bits per heavy atom. The van der Waals surface area contributed by atoms with Crippen molar-refractivity contribution in [1.29, 1.82) is 0 Å². The predicted octanol–water partition coefficient (Wildman–Crippen LogP) is -0.228. The van der Waals surface area contributed by atoms with Crippen LogP contribution in [0.25, 0.3) is 0 Å². The van der Waals surface area contributed by atoms with E-state index in [0.717, 1.165) is 0 Å². The normalized spacial score (nSPS) is 0. The van der Waals surface area contributed by atoms with Gasteiger partial charge in [0.1, 0.15) is 0 Å². The molecule has 0 amide bonds. The van der Waals surface area contributed by atoms with Gasteiger partial charge in [0.15, 0.2) is 0 Å². The summed E-state index contributed by atoms with van der Waals surface area (Å²) in [6, 6.07) is 0. The van der Waals surface area contributed by atoms with Crippen molar-refractivity contribution in [2.75, 3.05) is 0 Å². The van der Waals surface area contributed by atoms with Gasteiger partial charge < -0.3 is 0 Å². The SMILES string of the molecule is [V].[V].[V].[V].[V].[V].[V].[V].[V].[V].[V].[V].[V].[V].[V].[V].[V].[V].[V].[V].[V].[V].[V].[V].[V].[V].[V].[V].[V].[V].[V].[V].[V].[V].[V].[V].[V].[V].[V].[V].[V].[V].[V].[V].[V].[V].[V].[V].[V].[V].[V].[V].[V].[V].[V].[V].[V].[V].[V].[V].[V].[V].[V].[V].[V].[V].[V].[V].[V].[V].[V].[V].[V].[V].[V].[V].[V].[V].[V].[V].[V].[V].[V].[V].[V].[V].[V].[V].[V].[V].[V].